The van der Waals surface area contributed by atoms with Gasteiger partial charge in [-0.05, 0) is 80.4 Å². The molecule has 2 aliphatic rings. The van der Waals surface area contributed by atoms with Crippen molar-refractivity contribution < 1.29 is 38.4 Å². The van der Waals surface area contributed by atoms with Gasteiger partial charge in [-0.3, -0.25) is 9.69 Å². The molecule has 1 unspecified atom stereocenters. The first-order chi connectivity index (χ1) is 20.8. The van der Waals surface area contributed by atoms with Crippen molar-refractivity contribution in [1.29, 1.82) is 0 Å². The minimum absolute atomic E-state index is 0.246. The number of aromatic nitrogens is 2. The average molecular weight is 592 g/mol. The third kappa shape index (κ3) is 6.32. The minimum Gasteiger partial charge on any atom is -0.483 e. The molecule has 0 spiro atoms. The average Bonchev–Trinajstić information content (AvgIpc) is 3.53. The second kappa shape index (κ2) is 12.8. The number of fused-ring (bicyclic) bond motifs is 2. The Kier molecular flexibility index (Phi) is 8.93. The molecule has 1 aromatic heterocycles. The normalized spacial score (nSPS) is 18.3. The molecule has 0 saturated carbocycles. The second-order valence-electron chi connectivity index (χ2n) is 10.7. The molecule has 3 aromatic carbocycles. The smallest absolute Gasteiger partial charge is 0.335 e. The van der Waals surface area contributed by atoms with Crippen LogP contribution in [0.3, 0.4) is 0 Å². The molecule has 0 aliphatic carbocycles. The van der Waals surface area contributed by atoms with Crippen LogP contribution in [0.1, 0.15) is 53.0 Å². The van der Waals surface area contributed by atoms with Gasteiger partial charge in [-0.2, -0.15) is 0 Å². The predicted octanol–water partition coefficient (Wildman–Crippen LogP) is 5.24. The molecule has 11 heteroatoms. The van der Waals surface area contributed by atoms with Crippen molar-refractivity contribution in [3.8, 4) is 11.5 Å². The van der Waals surface area contributed by atoms with Crippen molar-refractivity contribution in [3.05, 3.63) is 89.0 Å². The van der Waals surface area contributed by atoms with Crippen molar-refractivity contribution in [2.45, 2.75) is 44.6 Å². The van der Waals surface area contributed by atoms with Crippen molar-refractivity contribution in [1.82, 2.24) is 14.5 Å². The lowest BCUT2D eigenvalue weighted by Gasteiger charge is -2.32. The highest BCUT2D eigenvalue weighted by atomic mass is 19.1. The zero-order valence-electron chi connectivity index (χ0n) is 24.0. The summed E-state index contributed by atoms with van der Waals surface area (Å²) >= 11 is 0. The molecule has 1 saturated heterocycles. The highest BCUT2D eigenvalue weighted by Crippen LogP contribution is 2.49. The number of halogens is 1. The van der Waals surface area contributed by atoms with Crippen molar-refractivity contribution in [2.24, 2.45) is 0 Å². The van der Waals surface area contributed by atoms with Crippen LogP contribution in [0.2, 0.25) is 0 Å². The van der Waals surface area contributed by atoms with E-state index in [4.69, 9.17) is 29.1 Å². The number of aromatic carboxylic acids is 1. The molecule has 10 nitrogen and oxygen atoms in total. The quantitative estimate of drug-likeness (QED) is 0.265. The Bertz CT molecular complexity index is 1600. The van der Waals surface area contributed by atoms with E-state index < -0.39 is 11.8 Å². The zero-order chi connectivity index (χ0) is 30.6. The van der Waals surface area contributed by atoms with Gasteiger partial charge in [-0.1, -0.05) is 12.1 Å². The van der Waals surface area contributed by atoms with E-state index in [1.807, 2.05) is 19.1 Å². The Morgan fingerprint density at radius 1 is 1.14 bits per heavy atom. The molecule has 43 heavy (non-hydrogen) atoms. The standard InChI is InChI=1S/C31H32FN3O5.CH2O2/c1-31(22-7-9-23(32)10-8-22)39-27-5-3-4-24(29(27)40-31)20-12-14-34(15-13-20)19-28-33-25-11-6-21(30(36)37)18-26(25)35(28)16-17-38-2;2-1-3/h3-11,18,20H,12-17,19H2,1-2H3,(H,36,37);1H,(H,2,3). The van der Waals surface area contributed by atoms with Crippen LogP contribution in [0.5, 0.6) is 11.5 Å². The SMILES string of the molecule is COCCn1c(CN2CCC(c3cccc4c3OC(C)(c3ccc(F)cc3)O4)CC2)nc2ccc(C(=O)O)cc21.O=CO. The molecule has 4 aromatic rings. The van der Waals surface area contributed by atoms with Gasteiger partial charge in [0.25, 0.3) is 12.3 Å². The van der Waals surface area contributed by atoms with Gasteiger partial charge in [0.05, 0.1) is 29.7 Å². The van der Waals surface area contributed by atoms with Gasteiger partial charge in [0.2, 0.25) is 0 Å². The molecule has 1 atom stereocenters. The number of carboxylic acid groups (broad SMARTS) is 2. The number of benzene rings is 3. The lowest BCUT2D eigenvalue weighted by Crippen LogP contribution is -2.34. The number of carboxylic acids is 1. The summed E-state index contributed by atoms with van der Waals surface area (Å²) in [5, 5.41) is 16.3. The van der Waals surface area contributed by atoms with E-state index in [1.54, 1.807) is 37.4 Å². The minimum atomic E-state index is -1.01. The third-order valence-corrected chi connectivity index (χ3v) is 7.97. The topological polar surface area (TPSA) is 123 Å². The Morgan fingerprint density at radius 2 is 1.86 bits per heavy atom. The van der Waals surface area contributed by atoms with Crippen LogP contribution in [0.25, 0.3) is 11.0 Å². The fourth-order valence-corrected chi connectivity index (χ4v) is 5.80. The first-order valence-electron chi connectivity index (χ1n) is 14.0. The Hall–Kier alpha value is -4.48. The molecule has 226 valence electrons. The fourth-order valence-electron chi connectivity index (χ4n) is 5.80. The summed E-state index contributed by atoms with van der Waals surface area (Å²) in [4.78, 5) is 27.1. The third-order valence-electron chi connectivity index (χ3n) is 7.97. The number of imidazole rings is 1. The molecule has 2 aliphatic heterocycles. The van der Waals surface area contributed by atoms with Gasteiger partial charge in [0.15, 0.2) is 11.5 Å². The number of para-hydroxylation sites is 1. The summed E-state index contributed by atoms with van der Waals surface area (Å²) in [6.45, 7) is 5.17. The van der Waals surface area contributed by atoms with E-state index in [9.17, 15) is 14.3 Å². The first-order valence-corrected chi connectivity index (χ1v) is 14.0. The van der Waals surface area contributed by atoms with Crippen molar-refractivity contribution >= 4 is 23.5 Å². The molecular formula is C32H34FN3O7. The molecule has 2 N–H and O–H groups in total. The number of methoxy groups -OCH3 is 1. The van der Waals surface area contributed by atoms with E-state index in [0.717, 1.165) is 59.7 Å². The maximum absolute atomic E-state index is 13.5. The van der Waals surface area contributed by atoms with Crippen LogP contribution in [0, 0.1) is 5.82 Å². The number of nitrogens with zero attached hydrogens (tertiary/aromatic N) is 3. The van der Waals surface area contributed by atoms with Crippen LogP contribution >= 0.6 is 0 Å². The van der Waals surface area contributed by atoms with Gasteiger partial charge < -0.3 is 29.0 Å². The molecule has 6 rings (SSSR count). The summed E-state index contributed by atoms with van der Waals surface area (Å²) in [5.41, 5.74) is 3.74. The van der Waals surface area contributed by atoms with Gasteiger partial charge in [-0.25, -0.2) is 14.2 Å². The van der Waals surface area contributed by atoms with E-state index in [-0.39, 0.29) is 17.9 Å². The number of hydrogen-bond acceptors (Lipinski definition) is 7. The fraction of sp³-hybridized carbons (Fsp3) is 0.344. The second-order valence-corrected chi connectivity index (χ2v) is 10.7. The predicted molar refractivity (Wildman–Crippen MR) is 156 cm³/mol. The lowest BCUT2D eigenvalue weighted by molar-refractivity contribution is -0.122. The number of rotatable bonds is 8. The van der Waals surface area contributed by atoms with Gasteiger partial charge in [0.1, 0.15) is 11.6 Å². The molecule has 0 amide bonds. The maximum atomic E-state index is 13.5. The van der Waals surface area contributed by atoms with E-state index in [0.29, 0.717) is 31.4 Å². The Balaban J connectivity index is 0.00000118. The Morgan fingerprint density at radius 3 is 2.53 bits per heavy atom. The summed E-state index contributed by atoms with van der Waals surface area (Å²) in [6, 6.07) is 17.3. The Labute approximate surface area is 248 Å². The van der Waals surface area contributed by atoms with Crippen LogP contribution in [0.15, 0.2) is 60.7 Å². The summed E-state index contributed by atoms with van der Waals surface area (Å²) < 4.78 is 33.5. The molecule has 0 bridgehead atoms. The molecule has 1 fully saturated rings. The van der Waals surface area contributed by atoms with Crippen LogP contribution in [-0.4, -0.2) is 63.9 Å². The molecular weight excluding hydrogens is 557 g/mol. The van der Waals surface area contributed by atoms with Crippen molar-refractivity contribution in [2.75, 3.05) is 26.8 Å². The summed E-state index contributed by atoms with van der Waals surface area (Å²) in [6.07, 6.45) is 1.91. The monoisotopic (exact) mass is 591 g/mol. The number of piperidine rings is 1. The lowest BCUT2D eigenvalue weighted by atomic mass is 9.88. The van der Waals surface area contributed by atoms with Gasteiger partial charge in [-0.15, -0.1) is 0 Å². The number of carbonyl (C=O) groups is 2. The van der Waals surface area contributed by atoms with E-state index >= 15 is 0 Å². The number of hydrogen-bond donors (Lipinski definition) is 2. The van der Waals surface area contributed by atoms with Gasteiger partial charge >= 0.3 is 5.97 Å². The molecule has 0 radical (unpaired) electrons. The maximum Gasteiger partial charge on any atom is 0.335 e. The largest absolute Gasteiger partial charge is 0.483 e. The highest BCUT2D eigenvalue weighted by molar-refractivity contribution is 5.92. The van der Waals surface area contributed by atoms with E-state index in [1.165, 1.54) is 12.1 Å². The van der Waals surface area contributed by atoms with Crippen LogP contribution in [-0.2, 0) is 28.4 Å². The zero-order valence-corrected chi connectivity index (χ0v) is 24.0. The highest BCUT2D eigenvalue weighted by Gasteiger charge is 2.41. The van der Waals surface area contributed by atoms with E-state index in [2.05, 4.69) is 15.5 Å². The van der Waals surface area contributed by atoms with Crippen LogP contribution < -0.4 is 9.47 Å². The number of likely N-dealkylation sites (tertiary alicyclic amines) is 1. The summed E-state index contributed by atoms with van der Waals surface area (Å²) in [7, 11) is 1.66. The van der Waals surface area contributed by atoms with Crippen LogP contribution in [0.4, 0.5) is 4.39 Å². The summed E-state index contributed by atoms with van der Waals surface area (Å²) in [5.74, 6) is 0.438. The molecule has 3 heterocycles. The van der Waals surface area contributed by atoms with Crippen molar-refractivity contribution in [3.63, 3.8) is 0 Å². The number of ether oxygens (including phenoxy) is 3. The van der Waals surface area contributed by atoms with Gasteiger partial charge in [0, 0.05) is 31.7 Å². The first kappa shape index (κ1) is 30.0.